The van der Waals surface area contributed by atoms with Crippen molar-refractivity contribution in [3.63, 3.8) is 0 Å². The lowest BCUT2D eigenvalue weighted by Gasteiger charge is -2.30. The van der Waals surface area contributed by atoms with Crippen LogP contribution in [0.25, 0.3) is 0 Å². The van der Waals surface area contributed by atoms with Gasteiger partial charge in [-0.2, -0.15) is 0 Å². The fraction of sp³-hybridized carbons (Fsp3) is 0.471. The van der Waals surface area contributed by atoms with Crippen LogP contribution in [0.1, 0.15) is 24.8 Å². The van der Waals surface area contributed by atoms with Gasteiger partial charge in [0.15, 0.2) is 0 Å². The summed E-state index contributed by atoms with van der Waals surface area (Å²) in [5, 5.41) is 9.94. The van der Waals surface area contributed by atoms with Gasteiger partial charge in [0.1, 0.15) is 0 Å². The molecule has 0 aliphatic carbocycles. The Morgan fingerprint density at radius 1 is 1.45 bits per heavy atom. The highest BCUT2D eigenvalue weighted by atomic mass is 16.5. The molecule has 108 valence electrons. The molecule has 20 heavy (non-hydrogen) atoms. The molecule has 1 N–H and O–H groups in total. The van der Waals surface area contributed by atoms with Gasteiger partial charge in [0, 0.05) is 13.0 Å². The summed E-state index contributed by atoms with van der Waals surface area (Å²) < 4.78 is 11.5. The number of hydrogen-bond donors (Lipinski definition) is 1. The molecule has 0 radical (unpaired) electrons. The zero-order valence-electron chi connectivity index (χ0n) is 11.7. The van der Waals surface area contributed by atoms with Crippen molar-refractivity contribution in [2.75, 3.05) is 6.61 Å². The minimum absolute atomic E-state index is 0.134. The van der Waals surface area contributed by atoms with E-state index in [0.29, 0.717) is 19.6 Å². The summed E-state index contributed by atoms with van der Waals surface area (Å²) in [4.78, 5) is 0. The van der Waals surface area contributed by atoms with Gasteiger partial charge in [-0.25, -0.2) is 0 Å². The second-order valence-corrected chi connectivity index (χ2v) is 5.06. The largest absolute Gasteiger partial charge is 0.390 e. The van der Waals surface area contributed by atoms with Crippen molar-refractivity contribution in [2.45, 2.75) is 44.2 Å². The van der Waals surface area contributed by atoms with Gasteiger partial charge >= 0.3 is 0 Å². The molecule has 1 aromatic rings. The molecule has 2 rings (SSSR count). The Morgan fingerprint density at radius 3 is 2.95 bits per heavy atom. The molecule has 3 nitrogen and oxygen atoms in total. The van der Waals surface area contributed by atoms with Gasteiger partial charge in [-0.1, -0.05) is 36.9 Å². The Bertz CT molecular complexity index is 437. The van der Waals surface area contributed by atoms with Crippen LogP contribution in [0.2, 0.25) is 0 Å². The quantitative estimate of drug-likeness (QED) is 0.811. The summed E-state index contributed by atoms with van der Waals surface area (Å²) in [6.45, 7) is 4.85. The normalized spacial score (nSPS) is 23.9. The topological polar surface area (TPSA) is 38.7 Å². The van der Waals surface area contributed by atoms with E-state index in [1.807, 2.05) is 30.3 Å². The molecule has 1 aliphatic rings. The predicted molar refractivity (Wildman–Crippen MR) is 78.3 cm³/mol. The van der Waals surface area contributed by atoms with E-state index in [0.717, 1.165) is 18.4 Å². The summed E-state index contributed by atoms with van der Waals surface area (Å²) in [5.74, 6) is 0. The predicted octanol–water partition coefficient (Wildman–Crippen LogP) is 2.84. The molecule has 1 fully saturated rings. The Balaban J connectivity index is 1.88. The van der Waals surface area contributed by atoms with Gasteiger partial charge in [-0.15, -0.1) is 5.73 Å². The van der Waals surface area contributed by atoms with E-state index < -0.39 is 6.10 Å². The molecule has 0 amide bonds. The Hall–Kier alpha value is -1.38. The SMILES string of the molecule is C=C=C[C@H](C[C@H]1OCCC[C@@H]1O)OCc1ccccc1. The number of aliphatic hydroxyl groups excluding tert-OH is 1. The first-order valence-corrected chi connectivity index (χ1v) is 7.10. The lowest BCUT2D eigenvalue weighted by Crippen LogP contribution is -2.36. The molecule has 3 heteroatoms. The Kier molecular flexibility index (Phi) is 6.03. The van der Waals surface area contributed by atoms with Crippen LogP contribution in [-0.4, -0.2) is 30.0 Å². The molecule has 0 saturated carbocycles. The van der Waals surface area contributed by atoms with Gasteiger partial charge in [-0.3, -0.25) is 0 Å². The third-order valence-electron chi connectivity index (χ3n) is 3.48. The maximum Gasteiger partial charge on any atom is 0.0861 e. The minimum atomic E-state index is -0.398. The smallest absolute Gasteiger partial charge is 0.0861 e. The van der Waals surface area contributed by atoms with Gasteiger partial charge < -0.3 is 14.6 Å². The first kappa shape index (κ1) is 15.0. The molecule has 3 atom stereocenters. The summed E-state index contributed by atoms with van der Waals surface area (Å²) in [6.07, 6.45) is 3.46. The van der Waals surface area contributed by atoms with Crippen molar-refractivity contribution in [1.82, 2.24) is 0 Å². The number of benzene rings is 1. The molecular weight excluding hydrogens is 252 g/mol. The lowest BCUT2D eigenvalue weighted by atomic mass is 10.00. The van der Waals surface area contributed by atoms with E-state index in [-0.39, 0.29) is 12.2 Å². The highest BCUT2D eigenvalue weighted by Crippen LogP contribution is 2.20. The van der Waals surface area contributed by atoms with Gasteiger partial charge in [0.2, 0.25) is 0 Å². The lowest BCUT2D eigenvalue weighted by molar-refractivity contribution is -0.0944. The van der Waals surface area contributed by atoms with Crippen LogP contribution < -0.4 is 0 Å². The zero-order chi connectivity index (χ0) is 14.2. The summed E-state index contributed by atoms with van der Waals surface area (Å²) in [7, 11) is 0. The Labute approximate surface area is 120 Å². The average molecular weight is 274 g/mol. The fourth-order valence-corrected chi connectivity index (χ4v) is 2.37. The molecule has 1 saturated heterocycles. The highest BCUT2D eigenvalue weighted by Gasteiger charge is 2.26. The summed E-state index contributed by atoms with van der Waals surface area (Å²) in [5.41, 5.74) is 3.90. The first-order valence-electron chi connectivity index (χ1n) is 7.10. The molecule has 0 spiro atoms. The number of ether oxygens (including phenoxy) is 2. The van der Waals surface area contributed by atoms with E-state index in [9.17, 15) is 5.11 Å². The van der Waals surface area contributed by atoms with Crippen LogP contribution in [-0.2, 0) is 16.1 Å². The van der Waals surface area contributed by atoms with Crippen LogP contribution in [0.4, 0.5) is 0 Å². The second kappa shape index (κ2) is 8.03. The van der Waals surface area contributed by atoms with E-state index in [1.165, 1.54) is 0 Å². The molecule has 0 bridgehead atoms. The van der Waals surface area contributed by atoms with Crippen LogP contribution in [0, 0.1) is 0 Å². The standard InChI is InChI=1S/C17H22O3/c1-2-7-15(12-17-16(18)10-6-11-19-17)20-13-14-8-4-3-5-9-14/h3-5,7-9,15-18H,1,6,10-13H2/t15-,16+,17-/m1/s1. The molecule has 1 aromatic carbocycles. The monoisotopic (exact) mass is 274 g/mol. The van der Waals surface area contributed by atoms with Crippen molar-refractivity contribution in [2.24, 2.45) is 0 Å². The van der Waals surface area contributed by atoms with Crippen molar-refractivity contribution in [3.05, 3.63) is 54.3 Å². The third kappa shape index (κ3) is 4.62. The van der Waals surface area contributed by atoms with Gasteiger partial charge in [0.05, 0.1) is 24.9 Å². The Morgan fingerprint density at radius 2 is 2.25 bits per heavy atom. The summed E-state index contributed by atoms with van der Waals surface area (Å²) in [6, 6.07) is 10.0. The average Bonchev–Trinajstić information content (AvgIpc) is 2.48. The van der Waals surface area contributed by atoms with Crippen molar-refractivity contribution < 1.29 is 14.6 Å². The first-order chi connectivity index (χ1) is 9.79. The van der Waals surface area contributed by atoms with Crippen LogP contribution in [0.15, 0.2) is 48.7 Å². The van der Waals surface area contributed by atoms with E-state index >= 15 is 0 Å². The van der Waals surface area contributed by atoms with E-state index in [4.69, 9.17) is 9.47 Å². The molecule has 1 heterocycles. The minimum Gasteiger partial charge on any atom is -0.390 e. The molecule has 0 unspecified atom stereocenters. The highest BCUT2D eigenvalue weighted by molar-refractivity contribution is 5.13. The van der Waals surface area contributed by atoms with E-state index in [1.54, 1.807) is 6.08 Å². The molecule has 1 aliphatic heterocycles. The molecule has 0 aromatic heterocycles. The van der Waals surface area contributed by atoms with Gasteiger partial charge in [-0.05, 0) is 24.5 Å². The van der Waals surface area contributed by atoms with Crippen LogP contribution in [0.5, 0.6) is 0 Å². The number of rotatable bonds is 6. The third-order valence-corrected chi connectivity index (χ3v) is 3.48. The second-order valence-electron chi connectivity index (χ2n) is 5.06. The van der Waals surface area contributed by atoms with Crippen molar-refractivity contribution >= 4 is 0 Å². The fourth-order valence-electron chi connectivity index (χ4n) is 2.37. The number of aliphatic hydroxyl groups is 1. The van der Waals surface area contributed by atoms with Gasteiger partial charge in [0.25, 0.3) is 0 Å². The van der Waals surface area contributed by atoms with Crippen LogP contribution >= 0.6 is 0 Å². The van der Waals surface area contributed by atoms with E-state index in [2.05, 4.69) is 12.3 Å². The summed E-state index contributed by atoms with van der Waals surface area (Å²) >= 11 is 0. The maximum atomic E-state index is 9.94. The molecular formula is C17H22O3. The van der Waals surface area contributed by atoms with Crippen molar-refractivity contribution in [1.29, 1.82) is 0 Å². The zero-order valence-corrected chi connectivity index (χ0v) is 11.7. The number of hydrogen-bond acceptors (Lipinski definition) is 3. The van der Waals surface area contributed by atoms with Crippen LogP contribution in [0.3, 0.4) is 0 Å². The van der Waals surface area contributed by atoms with Crippen molar-refractivity contribution in [3.8, 4) is 0 Å². The maximum absolute atomic E-state index is 9.94.